The van der Waals surface area contributed by atoms with Gasteiger partial charge < -0.3 is 14.7 Å². The molecular weight excluding hydrogens is 174 g/mol. The molecule has 5 nitrogen and oxygen atoms in total. The van der Waals surface area contributed by atoms with Crippen LogP contribution in [0, 0.1) is 0 Å². The minimum absolute atomic E-state index is 0.248. The van der Waals surface area contributed by atoms with Crippen molar-refractivity contribution in [2.75, 3.05) is 0 Å². The first-order chi connectivity index (χ1) is 6.09. The number of phenolic OH excluding ortho intramolecular Hbond substituents is 2. The number of phenols is 2. The van der Waals surface area contributed by atoms with E-state index in [9.17, 15) is 4.79 Å². The SMILES string of the molecule is Cn1oc2cc(O)c(O)cc2c1=O. The molecular formula is C8H7NO4. The summed E-state index contributed by atoms with van der Waals surface area (Å²) in [5.74, 6) is -0.632. The normalized spacial score (nSPS) is 10.8. The van der Waals surface area contributed by atoms with Gasteiger partial charge in [0.1, 0.15) is 0 Å². The van der Waals surface area contributed by atoms with Crippen LogP contribution in [0.1, 0.15) is 0 Å². The summed E-state index contributed by atoms with van der Waals surface area (Å²) < 4.78 is 6.00. The molecule has 0 saturated heterocycles. The molecule has 2 rings (SSSR count). The first-order valence-electron chi connectivity index (χ1n) is 3.61. The molecule has 0 aliphatic rings. The molecule has 1 aromatic carbocycles. The second-order valence-corrected chi connectivity index (χ2v) is 2.73. The highest BCUT2D eigenvalue weighted by atomic mass is 16.5. The van der Waals surface area contributed by atoms with Crippen molar-refractivity contribution in [3.05, 3.63) is 22.5 Å². The van der Waals surface area contributed by atoms with Gasteiger partial charge in [0, 0.05) is 19.2 Å². The highest BCUT2D eigenvalue weighted by molar-refractivity contribution is 5.79. The molecule has 68 valence electrons. The summed E-state index contributed by atoms with van der Waals surface area (Å²) >= 11 is 0. The molecule has 2 aromatic rings. The van der Waals surface area contributed by atoms with Crippen molar-refractivity contribution in [2.24, 2.45) is 7.05 Å². The Kier molecular flexibility index (Phi) is 1.36. The zero-order valence-corrected chi connectivity index (χ0v) is 6.81. The van der Waals surface area contributed by atoms with Gasteiger partial charge in [-0.2, -0.15) is 4.74 Å². The Hall–Kier alpha value is -1.91. The van der Waals surface area contributed by atoms with Gasteiger partial charge in [0.25, 0.3) is 5.56 Å². The van der Waals surface area contributed by atoms with Crippen molar-refractivity contribution in [2.45, 2.75) is 0 Å². The van der Waals surface area contributed by atoms with Crippen LogP contribution in [0.2, 0.25) is 0 Å². The third-order valence-corrected chi connectivity index (χ3v) is 1.83. The average Bonchev–Trinajstić information content (AvgIpc) is 2.32. The minimum Gasteiger partial charge on any atom is -0.504 e. The molecule has 0 aliphatic heterocycles. The number of hydrogen-bond donors (Lipinski definition) is 2. The van der Waals surface area contributed by atoms with Crippen LogP contribution in [0.25, 0.3) is 11.0 Å². The van der Waals surface area contributed by atoms with E-state index < -0.39 is 0 Å². The maximum atomic E-state index is 11.3. The molecule has 0 aliphatic carbocycles. The van der Waals surface area contributed by atoms with Crippen molar-refractivity contribution < 1.29 is 14.7 Å². The monoisotopic (exact) mass is 181 g/mol. The lowest BCUT2D eigenvalue weighted by Gasteiger charge is -1.93. The molecule has 0 saturated carbocycles. The van der Waals surface area contributed by atoms with E-state index in [2.05, 4.69) is 0 Å². The Morgan fingerprint density at radius 2 is 1.92 bits per heavy atom. The topological polar surface area (TPSA) is 75.6 Å². The van der Waals surface area contributed by atoms with Crippen LogP contribution in [-0.2, 0) is 7.05 Å². The number of hydrogen-bond acceptors (Lipinski definition) is 4. The minimum atomic E-state index is -0.342. The van der Waals surface area contributed by atoms with Crippen molar-refractivity contribution in [1.29, 1.82) is 0 Å². The summed E-state index contributed by atoms with van der Waals surface area (Å²) in [5, 5.41) is 18.5. The molecule has 2 N–H and O–H groups in total. The van der Waals surface area contributed by atoms with Crippen LogP contribution >= 0.6 is 0 Å². The highest BCUT2D eigenvalue weighted by Crippen LogP contribution is 2.28. The smallest absolute Gasteiger partial charge is 0.290 e. The molecule has 0 radical (unpaired) electrons. The van der Waals surface area contributed by atoms with E-state index >= 15 is 0 Å². The number of benzene rings is 1. The molecule has 0 unspecified atom stereocenters. The van der Waals surface area contributed by atoms with E-state index in [1.165, 1.54) is 19.2 Å². The summed E-state index contributed by atoms with van der Waals surface area (Å²) in [5.41, 5.74) is -0.0897. The zero-order valence-electron chi connectivity index (χ0n) is 6.81. The lowest BCUT2D eigenvalue weighted by molar-refractivity contribution is 0.323. The molecule has 13 heavy (non-hydrogen) atoms. The largest absolute Gasteiger partial charge is 0.504 e. The van der Waals surface area contributed by atoms with Crippen LogP contribution < -0.4 is 5.56 Å². The number of aryl methyl sites for hydroxylation is 1. The maximum absolute atomic E-state index is 11.3. The van der Waals surface area contributed by atoms with Crippen molar-refractivity contribution in [1.82, 2.24) is 4.74 Å². The Labute approximate surface area is 72.4 Å². The van der Waals surface area contributed by atoms with Gasteiger partial charge in [-0.05, 0) is 0 Å². The quantitative estimate of drug-likeness (QED) is 0.581. The summed E-state index contributed by atoms with van der Waals surface area (Å²) in [6.45, 7) is 0. The van der Waals surface area contributed by atoms with Crippen LogP contribution in [0.3, 0.4) is 0 Å². The Morgan fingerprint density at radius 3 is 2.62 bits per heavy atom. The van der Waals surface area contributed by atoms with Gasteiger partial charge in [0.15, 0.2) is 17.1 Å². The summed E-state index contributed by atoms with van der Waals surface area (Å²) in [7, 11) is 1.45. The lowest BCUT2D eigenvalue weighted by atomic mass is 10.2. The number of nitrogens with zero attached hydrogens (tertiary/aromatic N) is 1. The number of fused-ring (bicyclic) bond motifs is 1. The van der Waals surface area contributed by atoms with E-state index in [0.29, 0.717) is 0 Å². The first kappa shape index (κ1) is 7.72. The average molecular weight is 181 g/mol. The summed E-state index contributed by atoms with van der Waals surface area (Å²) in [6.07, 6.45) is 0. The van der Waals surface area contributed by atoms with Crippen LogP contribution in [0.4, 0.5) is 0 Å². The van der Waals surface area contributed by atoms with Gasteiger partial charge in [-0.15, -0.1) is 0 Å². The maximum Gasteiger partial charge on any atom is 0.290 e. The second-order valence-electron chi connectivity index (χ2n) is 2.73. The van der Waals surface area contributed by atoms with Crippen LogP contribution in [-0.4, -0.2) is 15.0 Å². The predicted octanol–water partition coefficient (Wildman–Crippen LogP) is 0.543. The molecule has 0 bridgehead atoms. The van der Waals surface area contributed by atoms with E-state index in [-0.39, 0.29) is 28.0 Å². The van der Waals surface area contributed by atoms with E-state index in [4.69, 9.17) is 14.7 Å². The fourth-order valence-electron chi connectivity index (χ4n) is 1.16. The molecule has 0 fully saturated rings. The van der Waals surface area contributed by atoms with Gasteiger partial charge in [-0.3, -0.25) is 4.79 Å². The van der Waals surface area contributed by atoms with Gasteiger partial charge >= 0.3 is 0 Å². The van der Waals surface area contributed by atoms with E-state index in [1.807, 2.05) is 0 Å². The fourth-order valence-corrected chi connectivity index (χ4v) is 1.16. The third-order valence-electron chi connectivity index (χ3n) is 1.83. The van der Waals surface area contributed by atoms with Crippen LogP contribution in [0.5, 0.6) is 11.5 Å². The Bertz CT molecular complexity index is 523. The van der Waals surface area contributed by atoms with E-state index in [0.717, 1.165) is 4.74 Å². The Balaban J connectivity index is 2.97. The van der Waals surface area contributed by atoms with Crippen LogP contribution in [0.15, 0.2) is 21.5 Å². The van der Waals surface area contributed by atoms with Gasteiger partial charge in [0.05, 0.1) is 5.39 Å². The zero-order chi connectivity index (χ0) is 9.59. The molecule has 0 spiro atoms. The summed E-state index contributed by atoms with van der Waals surface area (Å²) in [6, 6.07) is 2.38. The molecule has 1 aromatic heterocycles. The van der Waals surface area contributed by atoms with Gasteiger partial charge in [0.2, 0.25) is 0 Å². The van der Waals surface area contributed by atoms with Crippen molar-refractivity contribution in [3.8, 4) is 11.5 Å². The van der Waals surface area contributed by atoms with Crippen molar-refractivity contribution >= 4 is 11.0 Å². The molecule has 1 heterocycles. The molecule has 0 atom stereocenters. The van der Waals surface area contributed by atoms with Crippen molar-refractivity contribution in [3.63, 3.8) is 0 Å². The fraction of sp³-hybridized carbons (Fsp3) is 0.125. The standard InChI is InChI=1S/C8H7NO4/c1-9-8(12)4-2-5(10)6(11)3-7(4)13-9/h2-3,10-11H,1H3. The van der Waals surface area contributed by atoms with Gasteiger partial charge in [-0.1, -0.05) is 0 Å². The number of aromatic hydroxyl groups is 2. The summed E-state index contributed by atoms with van der Waals surface area (Å²) in [4.78, 5) is 11.3. The molecule has 0 amide bonds. The van der Waals surface area contributed by atoms with Gasteiger partial charge in [-0.25, -0.2) is 0 Å². The predicted molar refractivity (Wildman–Crippen MR) is 44.8 cm³/mol. The molecule has 5 heteroatoms. The second kappa shape index (κ2) is 2.29. The number of aromatic nitrogens is 1. The highest BCUT2D eigenvalue weighted by Gasteiger charge is 2.10. The Morgan fingerprint density at radius 1 is 1.31 bits per heavy atom. The van der Waals surface area contributed by atoms with E-state index in [1.54, 1.807) is 0 Å². The number of rotatable bonds is 0. The third kappa shape index (κ3) is 0.970. The lowest BCUT2D eigenvalue weighted by Crippen LogP contribution is -2.08. The first-order valence-corrected chi connectivity index (χ1v) is 3.61.